The van der Waals surface area contributed by atoms with E-state index in [4.69, 9.17) is 11.6 Å². The van der Waals surface area contributed by atoms with E-state index in [2.05, 4.69) is 56.2 Å². The smallest absolute Gasteiger partial charge is 0.0697 e. The van der Waals surface area contributed by atoms with Gasteiger partial charge in [-0.15, -0.1) is 11.3 Å². The molecule has 0 saturated heterocycles. The fourth-order valence-corrected chi connectivity index (χ4v) is 3.99. The molecule has 1 aromatic heterocycles. The molecule has 1 atom stereocenters. The summed E-state index contributed by atoms with van der Waals surface area (Å²) in [7, 11) is 0. The summed E-state index contributed by atoms with van der Waals surface area (Å²) in [6.45, 7) is 3.12. The van der Waals surface area contributed by atoms with Crippen molar-refractivity contribution in [1.82, 2.24) is 5.32 Å². The van der Waals surface area contributed by atoms with Crippen molar-refractivity contribution in [2.45, 2.75) is 19.4 Å². The number of hydrogen-bond acceptors (Lipinski definition) is 2. The second-order valence-electron chi connectivity index (χ2n) is 4.19. The third-order valence-corrected chi connectivity index (χ3v) is 5.41. The Labute approximate surface area is 139 Å². The lowest BCUT2D eigenvalue weighted by molar-refractivity contribution is 0.604. The summed E-state index contributed by atoms with van der Waals surface area (Å²) < 4.78 is 2.16. The SMILES string of the molecule is CCCNC(c1cc(Br)ccc1Br)c1sccc1Cl. The van der Waals surface area contributed by atoms with Crippen LogP contribution in [0.25, 0.3) is 0 Å². The van der Waals surface area contributed by atoms with E-state index in [0.29, 0.717) is 0 Å². The molecule has 0 amide bonds. The van der Waals surface area contributed by atoms with Gasteiger partial charge in [-0.05, 0) is 48.2 Å². The van der Waals surface area contributed by atoms with Crippen molar-refractivity contribution in [2.75, 3.05) is 6.54 Å². The van der Waals surface area contributed by atoms with Crippen molar-refractivity contribution in [3.8, 4) is 0 Å². The van der Waals surface area contributed by atoms with E-state index in [1.165, 1.54) is 5.56 Å². The molecule has 0 bridgehead atoms. The van der Waals surface area contributed by atoms with Gasteiger partial charge in [0.05, 0.1) is 11.1 Å². The molecular formula is C14H14Br2ClNS. The molecule has 19 heavy (non-hydrogen) atoms. The first-order valence-corrected chi connectivity index (χ1v) is 8.89. The van der Waals surface area contributed by atoms with Gasteiger partial charge in [-0.25, -0.2) is 0 Å². The van der Waals surface area contributed by atoms with Crippen molar-refractivity contribution >= 4 is 54.8 Å². The lowest BCUT2D eigenvalue weighted by atomic mass is 10.1. The normalized spacial score (nSPS) is 12.6. The van der Waals surface area contributed by atoms with Gasteiger partial charge in [-0.3, -0.25) is 0 Å². The summed E-state index contributed by atoms with van der Waals surface area (Å²) in [6, 6.07) is 8.29. The van der Waals surface area contributed by atoms with Crippen LogP contribution >= 0.6 is 54.8 Å². The van der Waals surface area contributed by atoms with Crippen molar-refractivity contribution in [1.29, 1.82) is 0 Å². The van der Waals surface area contributed by atoms with Crippen LogP contribution in [0.3, 0.4) is 0 Å². The lowest BCUT2D eigenvalue weighted by Gasteiger charge is -2.20. The van der Waals surface area contributed by atoms with Crippen LogP contribution in [0.15, 0.2) is 38.6 Å². The molecule has 5 heteroatoms. The van der Waals surface area contributed by atoms with Crippen LogP contribution in [-0.4, -0.2) is 6.54 Å². The maximum atomic E-state index is 6.30. The molecule has 1 N–H and O–H groups in total. The predicted octanol–water partition coefficient (Wildman–Crippen LogP) is 6.02. The lowest BCUT2D eigenvalue weighted by Crippen LogP contribution is -2.23. The molecule has 0 aliphatic rings. The monoisotopic (exact) mass is 421 g/mol. The van der Waals surface area contributed by atoms with Gasteiger partial charge < -0.3 is 5.32 Å². The first-order valence-electron chi connectivity index (χ1n) is 6.04. The van der Waals surface area contributed by atoms with Crippen LogP contribution in [-0.2, 0) is 0 Å². The summed E-state index contributed by atoms with van der Waals surface area (Å²) in [5.74, 6) is 0. The van der Waals surface area contributed by atoms with Crippen molar-refractivity contribution in [3.63, 3.8) is 0 Å². The Morgan fingerprint density at radius 1 is 1.32 bits per heavy atom. The minimum absolute atomic E-state index is 0.124. The number of benzene rings is 1. The Hall–Kier alpha value is 0.130. The molecule has 2 aromatic rings. The molecule has 1 nitrogen and oxygen atoms in total. The summed E-state index contributed by atoms with van der Waals surface area (Å²) in [4.78, 5) is 1.16. The Balaban J connectivity index is 2.42. The zero-order chi connectivity index (χ0) is 13.8. The minimum Gasteiger partial charge on any atom is -0.306 e. The highest BCUT2D eigenvalue weighted by Crippen LogP contribution is 2.37. The third-order valence-electron chi connectivity index (χ3n) is 2.77. The molecule has 0 aliphatic heterocycles. The maximum Gasteiger partial charge on any atom is 0.0697 e. The van der Waals surface area contributed by atoms with Crippen LogP contribution in [0.2, 0.25) is 5.02 Å². The van der Waals surface area contributed by atoms with Gasteiger partial charge in [0.1, 0.15) is 0 Å². The molecule has 1 aromatic carbocycles. The van der Waals surface area contributed by atoms with Gasteiger partial charge in [0, 0.05) is 13.8 Å². The van der Waals surface area contributed by atoms with Crippen LogP contribution in [0.4, 0.5) is 0 Å². The Morgan fingerprint density at radius 3 is 2.74 bits per heavy atom. The molecule has 1 heterocycles. The van der Waals surface area contributed by atoms with E-state index in [0.717, 1.165) is 31.8 Å². The van der Waals surface area contributed by atoms with Gasteiger partial charge in [-0.1, -0.05) is 50.4 Å². The number of rotatable bonds is 5. The van der Waals surface area contributed by atoms with E-state index in [1.807, 2.05) is 17.5 Å². The van der Waals surface area contributed by atoms with E-state index in [9.17, 15) is 0 Å². The number of hydrogen-bond donors (Lipinski definition) is 1. The minimum atomic E-state index is 0.124. The molecular weight excluding hydrogens is 409 g/mol. The highest BCUT2D eigenvalue weighted by Gasteiger charge is 2.20. The highest BCUT2D eigenvalue weighted by molar-refractivity contribution is 9.11. The standard InChI is InChI=1S/C14H14Br2ClNS/c1-2-6-18-13(14-12(17)5-7-19-14)10-8-9(15)3-4-11(10)16/h3-5,7-8,13,18H,2,6H2,1H3. The molecule has 1 unspecified atom stereocenters. The summed E-state index contributed by atoms with van der Waals surface area (Å²) in [5.41, 5.74) is 1.20. The molecule has 102 valence electrons. The fraction of sp³-hybridized carbons (Fsp3) is 0.286. The number of thiophene rings is 1. The predicted molar refractivity (Wildman–Crippen MR) is 91.3 cm³/mol. The van der Waals surface area contributed by atoms with Crippen LogP contribution in [0, 0.1) is 0 Å². The van der Waals surface area contributed by atoms with Gasteiger partial charge in [0.2, 0.25) is 0 Å². The van der Waals surface area contributed by atoms with Crippen LogP contribution in [0.1, 0.15) is 29.8 Å². The van der Waals surface area contributed by atoms with Gasteiger partial charge in [0.25, 0.3) is 0 Å². The Bertz CT molecular complexity index is 556. The molecule has 2 rings (SSSR count). The molecule has 0 saturated carbocycles. The van der Waals surface area contributed by atoms with E-state index >= 15 is 0 Å². The van der Waals surface area contributed by atoms with Crippen LogP contribution < -0.4 is 5.32 Å². The van der Waals surface area contributed by atoms with Crippen molar-refractivity contribution in [3.05, 3.63) is 54.1 Å². The molecule has 0 aliphatic carbocycles. The number of nitrogens with one attached hydrogen (secondary N) is 1. The number of halogens is 3. The van der Waals surface area contributed by atoms with Gasteiger partial charge in [0.15, 0.2) is 0 Å². The molecule has 0 radical (unpaired) electrons. The molecule has 0 fully saturated rings. The van der Waals surface area contributed by atoms with Crippen molar-refractivity contribution in [2.24, 2.45) is 0 Å². The summed E-state index contributed by atoms with van der Waals surface area (Å²) in [5, 5.41) is 6.43. The second-order valence-corrected chi connectivity index (χ2v) is 7.31. The van der Waals surface area contributed by atoms with Gasteiger partial charge in [-0.2, -0.15) is 0 Å². The average molecular weight is 424 g/mol. The Kier molecular flexibility index (Phi) is 5.90. The zero-order valence-electron chi connectivity index (χ0n) is 10.4. The molecule has 0 spiro atoms. The highest BCUT2D eigenvalue weighted by atomic mass is 79.9. The third kappa shape index (κ3) is 3.82. The maximum absolute atomic E-state index is 6.30. The Morgan fingerprint density at radius 2 is 2.11 bits per heavy atom. The summed E-state index contributed by atoms with van der Waals surface area (Å²) in [6.07, 6.45) is 1.09. The van der Waals surface area contributed by atoms with E-state index in [-0.39, 0.29) is 6.04 Å². The zero-order valence-corrected chi connectivity index (χ0v) is 15.2. The first kappa shape index (κ1) is 15.5. The first-order chi connectivity index (χ1) is 9.13. The van der Waals surface area contributed by atoms with Crippen LogP contribution in [0.5, 0.6) is 0 Å². The average Bonchev–Trinajstić information content (AvgIpc) is 2.80. The van der Waals surface area contributed by atoms with Gasteiger partial charge >= 0.3 is 0 Å². The van der Waals surface area contributed by atoms with Crippen molar-refractivity contribution < 1.29 is 0 Å². The van der Waals surface area contributed by atoms with E-state index < -0.39 is 0 Å². The fourth-order valence-electron chi connectivity index (χ4n) is 1.88. The topological polar surface area (TPSA) is 12.0 Å². The largest absolute Gasteiger partial charge is 0.306 e. The van der Waals surface area contributed by atoms with E-state index in [1.54, 1.807) is 11.3 Å². The quantitative estimate of drug-likeness (QED) is 0.620. The second kappa shape index (κ2) is 7.23. The summed E-state index contributed by atoms with van der Waals surface area (Å²) >= 11 is 15.2.